The van der Waals surface area contributed by atoms with Crippen molar-refractivity contribution < 1.29 is 4.21 Å². The Morgan fingerprint density at radius 1 is 1.33 bits per heavy atom. The van der Waals surface area contributed by atoms with Crippen LogP contribution in [0.3, 0.4) is 0 Å². The van der Waals surface area contributed by atoms with Gasteiger partial charge in [-0.05, 0) is 39.7 Å². The van der Waals surface area contributed by atoms with Crippen molar-refractivity contribution in [1.82, 2.24) is 5.32 Å². The molecule has 2 nitrogen and oxygen atoms in total. The van der Waals surface area contributed by atoms with Gasteiger partial charge in [-0.1, -0.05) is 19.3 Å². The highest BCUT2D eigenvalue weighted by Gasteiger charge is 2.20. The SMILES string of the molecule is CNC(C)CCCCS(=O)C1CCCC1. The Bertz CT molecular complexity index is 190. The normalized spacial score (nSPS) is 21.7. The zero-order valence-electron chi connectivity index (χ0n) is 10.1. The largest absolute Gasteiger partial charge is 0.317 e. The van der Waals surface area contributed by atoms with Crippen molar-refractivity contribution >= 4 is 10.8 Å². The number of nitrogens with one attached hydrogen (secondary N) is 1. The van der Waals surface area contributed by atoms with Gasteiger partial charge in [0.15, 0.2) is 0 Å². The standard InChI is InChI=1S/C12H25NOS/c1-11(13-2)7-5-6-10-15(14)12-8-3-4-9-12/h11-13H,3-10H2,1-2H3. The summed E-state index contributed by atoms with van der Waals surface area (Å²) in [7, 11) is 1.47. The molecule has 0 bridgehead atoms. The third-order valence-electron chi connectivity index (χ3n) is 3.40. The molecule has 0 aromatic rings. The molecule has 0 aromatic heterocycles. The number of unbranched alkanes of at least 4 members (excludes halogenated alkanes) is 1. The molecule has 0 saturated heterocycles. The molecule has 1 aliphatic rings. The maximum atomic E-state index is 11.9. The second-order valence-corrected chi connectivity index (χ2v) is 6.51. The molecular weight excluding hydrogens is 206 g/mol. The maximum absolute atomic E-state index is 11.9. The molecule has 15 heavy (non-hydrogen) atoms. The van der Waals surface area contributed by atoms with Gasteiger partial charge in [0.05, 0.1) is 0 Å². The first-order chi connectivity index (χ1) is 7.24. The van der Waals surface area contributed by atoms with E-state index in [-0.39, 0.29) is 0 Å². The monoisotopic (exact) mass is 231 g/mol. The summed E-state index contributed by atoms with van der Waals surface area (Å²) >= 11 is 0. The molecule has 0 heterocycles. The Balaban J connectivity index is 2.01. The predicted octanol–water partition coefficient (Wildman–Crippen LogP) is 2.46. The quantitative estimate of drug-likeness (QED) is 0.682. The van der Waals surface area contributed by atoms with E-state index in [1.165, 1.54) is 38.5 Å². The lowest BCUT2D eigenvalue weighted by Gasteiger charge is -2.11. The topological polar surface area (TPSA) is 29.1 Å². The zero-order chi connectivity index (χ0) is 11.1. The van der Waals surface area contributed by atoms with Gasteiger partial charge < -0.3 is 5.32 Å². The number of hydrogen-bond donors (Lipinski definition) is 1. The summed E-state index contributed by atoms with van der Waals surface area (Å²) in [5, 5.41) is 3.77. The molecule has 90 valence electrons. The predicted molar refractivity (Wildman–Crippen MR) is 67.6 cm³/mol. The van der Waals surface area contributed by atoms with Crippen molar-refractivity contribution in [1.29, 1.82) is 0 Å². The van der Waals surface area contributed by atoms with Gasteiger partial charge in [-0.25, -0.2) is 0 Å². The van der Waals surface area contributed by atoms with Crippen LogP contribution in [0.4, 0.5) is 0 Å². The van der Waals surface area contributed by atoms with E-state index in [1.54, 1.807) is 0 Å². The fourth-order valence-electron chi connectivity index (χ4n) is 2.16. The van der Waals surface area contributed by atoms with E-state index in [0.717, 1.165) is 12.2 Å². The van der Waals surface area contributed by atoms with Gasteiger partial charge >= 0.3 is 0 Å². The Kier molecular flexibility index (Phi) is 6.50. The van der Waals surface area contributed by atoms with Gasteiger partial charge in [0.25, 0.3) is 0 Å². The lowest BCUT2D eigenvalue weighted by molar-refractivity contribution is 0.537. The molecule has 1 N–H and O–H groups in total. The Morgan fingerprint density at radius 2 is 2.00 bits per heavy atom. The van der Waals surface area contributed by atoms with E-state index in [4.69, 9.17) is 0 Å². The average molecular weight is 231 g/mol. The summed E-state index contributed by atoms with van der Waals surface area (Å²) in [4.78, 5) is 0. The fourth-order valence-corrected chi connectivity index (χ4v) is 3.84. The van der Waals surface area contributed by atoms with E-state index in [0.29, 0.717) is 11.3 Å². The number of rotatable bonds is 7. The third kappa shape index (κ3) is 5.12. The summed E-state index contributed by atoms with van der Waals surface area (Å²) in [6.07, 6.45) is 8.56. The zero-order valence-corrected chi connectivity index (χ0v) is 10.9. The van der Waals surface area contributed by atoms with Crippen LogP contribution < -0.4 is 5.32 Å². The van der Waals surface area contributed by atoms with Gasteiger partial charge in [0.2, 0.25) is 0 Å². The molecule has 1 rings (SSSR count). The van der Waals surface area contributed by atoms with Gasteiger partial charge in [-0.3, -0.25) is 4.21 Å². The first kappa shape index (κ1) is 13.2. The molecule has 0 radical (unpaired) electrons. The Morgan fingerprint density at radius 3 is 2.60 bits per heavy atom. The number of hydrogen-bond acceptors (Lipinski definition) is 2. The van der Waals surface area contributed by atoms with Crippen molar-refractivity contribution in [2.24, 2.45) is 0 Å². The van der Waals surface area contributed by atoms with Crippen LogP contribution in [0.1, 0.15) is 51.9 Å². The van der Waals surface area contributed by atoms with Crippen LogP contribution in [-0.2, 0) is 10.8 Å². The Hall–Kier alpha value is 0.110. The van der Waals surface area contributed by atoms with E-state index in [2.05, 4.69) is 12.2 Å². The molecule has 1 saturated carbocycles. The summed E-state index contributed by atoms with van der Waals surface area (Å²) in [6.45, 7) is 2.20. The maximum Gasteiger partial charge on any atom is 0.0348 e. The van der Waals surface area contributed by atoms with Crippen LogP contribution >= 0.6 is 0 Å². The van der Waals surface area contributed by atoms with Gasteiger partial charge in [-0.15, -0.1) is 0 Å². The van der Waals surface area contributed by atoms with Crippen LogP contribution in [0.2, 0.25) is 0 Å². The van der Waals surface area contributed by atoms with Gasteiger partial charge in [0.1, 0.15) is 0 Å². The second kappa shape index (κ2) is 7.39. The highest BCUT2D eigenvalue weighted by atomic mass is 32.2. The van der Waals surface area contributed by atoms with Crippen LogP contribution in [0, 0.1) is 0 Å². The van der Waals surface area contributed by atoms with Crippen LogP contribution in [0.15, 0.2) is 0 Å². The summed E-state index contributed by atoms with van der Waals surface area (Å²) in [5.41, 5.74) is 0. The fraction of sp³-hybridized carbons (Fsp3) is 1.00. The minimum atomic E-state index is -0.532. The van der Waals surface area contributed by atoms with Crippen molar-refractivity contribution in [2.75, 3.05) is 12.8 Å². The lowest BCUT2D eigenvalue weighted by atomic mass is 10.1. The summed E-state index contributed by atoms with van der Waals surface area (Å²) < 4.78 is 11.9. The molecule has 1 aliphatic carbocycles. The van der Waals surface area contributed by atoms with Crippen molar-refractivity contribution in [2.45, 2.75) is 63.2 Å². The third-order valence-corrected chi connectivity index (χ3v) is 5.31. The smallest absolute Gasteiger partial charge is 0.0348 e. The Labute approximate surface area is 96.7 Å². The minimum absolute atomic E-state index is 0.532. The first-order valence-corrected chi connectivity index (χ1v) is 7.66. The van der Waals surface area contributed by atoms with E-state index >= 15 is 0 Å². The molecule has 2 unspecified atom stereocenters. The molecule has 1 fully saturated rings. The van der Waals surface area contributed by atoms with E-state index < -0.39 is 10.8 Å². The van der Waals surface area contributed by atoms with Crippen molar-refractivity contribution in [3.8, 4) is 0 Å². The summed E-state index contributed by atoms with van der Waals surface area (Å²) in [5.74, 6) is 0.932. The summed E-state index contributed by atoms with van der Waals surface area (Å²) in [6, 6.07) is 0.602. The van der Waals surface area contributed by atoms with E-state index in [1.807, 2.05) is 7.05 Å². The molecule has 3 heteroatoms. The van der Waals surface area contributed by atoms with Crippen LogP contribution in [0.5, 0.6) is 0 Å². The highest BCUT2D eigenvalue weighted by molar-refractivity contribution is 7.85. The second-order valence-electron chi connectivity index (χ2n) is 4.68. The van der Waals surface area contributed by atoms with Crippen molar-refractivity contribution in [3.05, 3.63) is 0 Å². The van der Waals surface area contributed by atoms with Crippen molar-refractivity contribution in [3.63, 3.8) is 0 Å². The molecule has 0 spiro atoms. The van der Waals surface area contributed by atoms with Gasteiger partial charge in [-0.2, -0.15) is 0 Å². The molecule has 0 amide bonds. The molecule has 0 aliphatic heterocycles. The highest BCUT2D eigenvalue weighted by Crippen LogP contribution is 2.23. The van der Waals surface area contributed by atoms with E-state index in [9.17, 15) is 4.21 Å². The van der Waals surface area contributed by atoms with Crippen LogP contribution in [-0.4, -0.2) is 28.3 Å². The first-order valence-electron chi connectivity index (χ1n) is 6.28. The molecular formula is C12H25NOS. The average Bonchev–Trinajstić information content (AvgIpc) is 2.77. The lowest BCUT2D eigenvalue weighted by Crippen LogP contribution is -2.21. The minimum Gasteiger partial charge on any atom is -0.317 e. The molecule has 2 atom stereocenters. The van der Waals surface area contributed by atoms with Crippen LogP contribution in [0.25, 0.3) is 0 Å². The van der Waals surface area contributed by atoms with Gasteiger partial charge in [0, 0.05) is 27.8 Å². The molecule has 0 aromatic carbocycles.